The summed E-state index contributed by atoms with van der Waals surface area (Å²) in [4.78, 5) is 0. The van der Waals surface area contributed by atoms with Crippen LogP contribution in [0.25, 0.3) is 0 Å². The van der Waals surface area contributed by atoms with Crippen LogP contribution in [0.2, 0.25) is 37.8 Å². The average Bonchev–Trinajstić information content (AvgIpc) is 3.05. The molecule has 2 saturated carbocycles. The molecule has 0 aliphatic heterocycles. The standard InChI is InChI=1S/C24H46O2Si2/c1-11-17-16(2)14-20-18-12-13-21(25-27(6,7)8)19(18)15-22(23(17)20)26-28(9,10)24(3,4)5/h13,16-20,22-23H,11-12,14-15H2,1-10H3/t16-,17-,18+,19+,20-,22-,23+/m1/s1. The molecule has 0 spiro atoms. The van der Waals surface area contributed by atoms with E-state index in [4.69, 9.17) is 8.85 Å². The Morgan fingerprint density at radius 3 is 2.21 bits per heavy atom. The van der Waals surface area contributed by atoms with Gasteiger partial charge >= 0.3 is 0 Å². The molecule has 0 amide bonds. The van der Waals surface area contributed by atoms with E-state index < -0.39 is 16.6 Å². The first kappa shape index (κ1) is 22.6. The van der Waals surface area contributed by atoms with Crippen LogP contribution in [-0.2, 0) is 8.85 Å². The maximum absolute atomic E-state index is 7.19. The van der Waals surface area contributed by atoms with Crippen LogP contribution in [0.15, 0.2) is 11.8 Å². The third kappa shape index (κ3) is 4.20. The summed E-state index contributed by atoms with van der Waals surface area (Å²) in [6.45, 7) is 23.9. The molecule has 162 valence electrons. The maximum atomic E-state index is 7.19. The van der Waals surface area contributed by atoms with Crippen LogP contribution in [-0.4, -0.2) is 22.7 Å². The fourth-order valence-electron chi connectivity index (χ4n) is 6.25. The largest absolute Gasteiger partial charge is 0.547 e. The van der Waals surface area contributed by atoms with Crippen molar-refractivity contribution in [2.24, 2.45) is 35.5 Å². The molecule has 0 unspecified atom stereocenters. The number of hydrogen-bond acceptors (Lipinski definition) is 2. The highest BCUT2D eigenvalue weighted by atomic mass is 28.4. The zero-order valence-corrected chi connectivity index (χ0v) is 22.3. The lowest BCUT2D eigenvalue weighted by Crippen LogP contribution is -2.51. The van der Waals surface area contributed by atoms with Crippen LogP contribution >= 0.6 is 0 Å². The molecule has 3 rings (SSSR count). The lowest BCUT2D eigenvalue weighted by molar-refractivity contribution is -0.0190. The molecule has 3 aliphatic carbocycles. The van der Waals surface area contributed by atoms with E-state index in [9.17, 15) is 0 Å². The quantitative estimate of drug-likeness (QED) is 0.428. The van der Waals surface area contributed by atoms with E-state index in [-0.39, 0.29) is 5.04 Å². The average molecular weight is 423 g/mol. The van der Waals surface area contributed by atoms with Gasteiger partial charge in [-0.2, -0.15) is 0 Å². The Bertz CT molecular complexity index is 599. The molecule has 0 bridgehead atoms. The normalized spacial score (nSPS) is 38.8. The van der Waals surface area contributed by atoms with Crippen LogP contribution in [0, 0.1) is 35.5 Å². The number of hydrogen-bond donors (Lipinski definition) is 0. The van der Waals surface area contributed by atoms with E-state index in [2.05, 4.69) is 73.4 Å². The lowest BCUT2D eigenvalue weighted by atomic mass is 9.65. The van der Waals surface area contributed by atoms with Crippen molar-refractivity contribution < 1.29 is 8.85 Å². The zero-order chi connectivity index (χ0) is 21.1. The molecule has 0 aromatic rings. The molecule has 0 saturated heterocycles. The summed E-state index contributed by atoms with van der Waals surface area (Å²) in [6, 6.07) is 0. The van der Waals surface area contributed by atoms with Crippen molar-refractivity contribution in [2.75, 3.05) is 0 Å². The van der Waals surface area contributed by atoms with Gasteiger partial charge in [0.15, 0.2) is 8.32 Å². The summed E-state index contributed by atoms with van der Waals surface area (Å²) in [6.07, 6.45) is 8.02. The first-order chi connectivity index (χ1) is 12.7. The van der Waals surface area contributed by atoms with E-state index >= 15 is 0 Å². The van der Waals surface area contributed by atoms with Crippen molar-refractivity contribution in [3.63, 3.8) is 0 Å². The zero-order valence-electron chi connectivity index (χ0n) is 20.3. The first-order valence-corrected chi connectivity index (χ1v) is 18.1. The minimum atomic E-state index is -1.78. The Morgan fingerprint density at radius 2 is 1.68 bits per heavy atom. The fourth-order valence-corrected chi connectivity index (χ4v) is 8.55. The molecule has 2 fully saturated rings. The molecule has 0 radical (unpaired) electrons. The highest BCUT2D eigenvalue weighted by Gasteiger charge is 2.56. The second-order valence-corrected chi connectivity index (χ2v) is 21.7. The first-order valence-electron chi connectivity index (χ1n) is 11.8. The van der Waals surface area contributed by atoms with Crippen molar-refractivity contribution in [2.45, 2.75) is 104 Å². The summed E-state index contributed by atoms with van der Waals surface area (Å²) in [5.41, 5.74) is 0. The van der Waals surface area contributed by atoms with Crippen molar-refractivity contribution in [3.8, 4) is 0 Å². The minimum absolute atomic E-state index is 0.272. The lowest BCUT2D eigenvalue weighted by Gasteiger charge is -2.49. The van der Waals surface area contributed by atoms with Gasteiger partial charge in [0.05, 0.1) is 5.76 Å². The SMILES string of the molecule is CC[C@H]1[C@H]2[C@H](C[C@H]1C)[C@H]1CC=C(O[Si](C)(C)C)[C@H]1C[C@H]2O[Si](C)(C)C(C)(C)C. The van der Waals surface area contributed by atoms with Crippen molar-refractivity contribution in [3.05, 3.63) is 11.8 Å². The number of fused-ring (bicyclic) bond motifs is 3. The van der Waals surface area contributed by atoms with Gasteiger partial charge in [-0.15, -0.1) is 0 Å². The van der Waals surface area contributed by atoms with E-state index in [1.807, 2.05) is 0 Å². The van der Waals surface area contributed by atoms with Crippen LogP contribution in [0.5, 0.6) is 0 Å². The summed E-state index contributed by atoms with van der Waals surface area (Å²) in [7, 11) is -3.35. The molecule has 2 nitrogen and oxygen atoms in total. The third-order valence-electron chi connectivity index (χ3n) is 8.45. The number of allylic oxidation sites excluding steroid dienone is 2. The minimum Gasteiger partial charge on any atom is -0.547 e. The van der Waals surface area contributed by atoms with Gasteiger partial charge in [0, 0.05) is 12.0 Å². The Labute approximate surface area is 177 Å². The monoisotopic (exact) mass is 422 g/mol. The molecule has 4 heteroatoms. The van der Waals surface area contributed by atoms with Gasteiger partial charge in [-0.3, -0.25) is 0 Å². The second-order valence-electron chi connectivity index (χ2n) is 12.5. The van der Waals surface area contributed by atoms with E-state index in [0.29, 0.717) is 12.0 Å². The fraction of sp³-hybridized carbons (Fsp3) is 0.917. The van der Waals surface area contributed by atoms with Crippen LogP contribution in [0.4, 0.5) is 0 Å². The van der Waals surface area contributed by atoms with Crippen LogP contribution in [0.1, 0.15) is 60.3 Å². The van der Waals surface area contributed by atoms with Gasteiger partial charge < -0.3 is 8.85 Å². The van der Waals surface area contributed by atoms with E-state index in [1.165, 1.54) is 31.4 Å². The summed E-state index contributed by atoms with van der Waals surface area (Å²) < 4.78 is 13.8. The highest BCUT2D eigenvalue weighted by Crippen LogP contribution is 2.59. The molecular formula is C24H46O2Si2. The third-order valence-corrected chi connectivity index (χ3v) is 13.8. The maximum Gasteiger partial charge on any atom is 0.241 e. The van der Waals surface area contributed by atoms with Crippen molar-refractivity contribution in [1.29, 1.82) is 0 Å². The molecule has 7 atom stereocenters. The predicted octanol–water partition coefficient (Wildman–Crippen LogP) is 7.45. The van der Waals surface area contributed by atoms with E-state index in [1.54, 1.807) is 0 Å². The molecule has 0 N–H and O–H groups in total. The summed E-state index contributed by atoms with van der Waals surface area (Å²) in [5, 5.41) is 0.272. The van der Waals surface area contributed by atoms with Gasteiger partial charge in [0.25, 0.3) is 0 Å². The second kappa shape index (κ2) is 7.57. The summed E-state index contributed by atoms with van der Waals surface area (Å²) in [5.74, 6) is 6.00. The van der Waals surface area contributed by atoms with Gasteiger partial charge in [-0.05, 0) is 92.7 Å². The molecule has 0 aromatic heterocycles. The Morgan fingerprint density at radius 1 is 1.04 bits per heavy atom. The Balaban J connectivity index is 1.90. The van der Waals surface area contributed by atoms with E-state index in [0.717, 1.165) is 29.6 Å². The molecule has 0 aromatic carbocycles. The summed E-state index contributed by atoms with van der Waals surface area (Å²) >= 11 is 0. The van der Waals surface area contributed by atoms with Gasteiger partial charge in [0.2, 0.25) is 8.32 Å². The molecule has 28 heavy (non-hydrogen) atoms. The topological polar surface area (TPSA) is 18.5 Å². The smallest absolute Gasteiger partial charge is 0.241 e. The van der Waals surface area contributed by atoms with Crippen LogP contribution < -0.4 is 0 Å². The van der Waals surface area contributed by atoms with Gasteiger partial charge in [0.1, 0.15) is 0 Å². The Hall–Kier alpha value is -0.0662. The van der Waals surface area contributed by atoms with Crippen LogP contribution in [0.3, 0.4) is 0 Å². The molecular weight excluding hydrogens is 376 g/mol. The number of rotatable bonds is 5. The van der Waals surface area contributed by atoms with Gasteiger partial charge in [-0.25, -0.2) is 0 Å². The Kier molecular flexibility index (Phi) is 6.11. The van der Waals surface area contributed by atoms with Crippen molar-refractivity contribution >= 4 is 16.6 Å². The predicted molar refractivity (Wildman–Crippen MR) is 125 cm³/mol. The molecule has 0 heterocycles. The highest BCUT2D eigenvalue weighted by molar-refractivity contribution is 6.74. The van der Waals surface area contributed by atoms with Gasteiger partial charge in [-0.1, -0.05) is 41.0 Å². The van der Waals surface area contributed by atoms with Crippen molar-refractivity contribution in [1.82, 2.24) is 0 Å². The molecule has 3 aliphatic rings.